The van der Waals surface area contributed by atoms with Gasteiger partial charge < -0.3 is 4.57 Å². The molecule has 9 aromatic carbocycles. The minimum absolute atomic E-state index is 1.13. The molecule has 1 nitrogen and oxygen atoms in total. The van der Waals surface area contributed by atoms with Crippen LogP contribution < -0.4 is 5.19 Å². The number of rotatable bonds is 9. The summed E-state index contributed by atoms with van der Waals surface area (Å²) in [6.07, 6.45) is 2.34. The molecule has 0 saturated heterocycles. The second-order valence-corrected chi connectivity index (χ2v) is 22.1. The van der Waals surface area contributed by atoms with E-state index in [0.717, 1.165) is 5.69 Å². The van der Waals surface area contributed by atoms with Crippen LogP contribution in [0.1, 0.15) is 0 Å². The third-order valence-electron chi connectivity index (χ3n) is 12.0. The summed E-state index contributed by atoms with van der Waals surface area (Å²) in [7, 11) is -1.37. The molecule has 0 N–H and O–H groups in total. The number of fused-ring (bicyclic) bond motifs is 1. The first-order valence-corrected chi connectivity index (χ1v) is 24.7. The van der Waals surface area contributed by atoms with Crippen molar-refractivity contribution in [3.8, 4) is 83.6 Å². The van der Waals surface area contributed by atoms with E-state index < -0.39 is 8.07 Å². The fourth-order valence-electron chi connectivity index (χ4n) is 8.66. The predicted molar refractivity (Wildman–Crippen MR) is 264 cm³/mol. The SMILES string of the molecule is C[Si](C)(C)c1ccc(-c2ccc(-n3cc(-c4ccc(-c5ccccc5)c(-c5ccccc5)c4)c4cc(-c5cc(-c6ccccc6)cc(-c6ccccc6)c5)ccc43)cc2)cc1. The van der Waals surface area contributed by atoms with E-state index in [9.17, 15) is 0 Å². The van der Waals surface area contributed by atoms with E-state index in [1.165, 1.54) is 94.0 Å². The van der Waals surface area contributed by atoms with Crippen molar-refractivity contribution in [2.24, 2.45) is 0 Å². The van der Waals surface area contributed by atoms with E-state index in [0.29, 0.717) is 0 Å². The summed E-state index contributed by atoms with van der Waals surface area (Å²) in [5.41, 5.74) is 19.2. The highest BCUT2D eigenvalue weighted by Gasteiger charge is 2.18. The Morgan fingerprint density at radius 3 is 1.25 bits per heavy atom. The van der Waals surface area contributed by atoms with Crippen molar-refractivity contribution in [2.75, 3.05) is 0 Å². The first-order valence-electron chi connectivity index (χ1n) is 21.2. The molecule has 10 rings (SSSR count). The molecule has 0 radical (unpaired) electrons. The molecular weight excluding hydrogens is 751 g/mol. The van der Waals surface area contributed by atoms with Gasteiger partial charge in [0.1, 0.15) is 0 Å². The van der Waals surface area contributed by atoms with Crippen molar-refractivity contribution in [1.82, 2.24) is 4.57 Å². The van der Waals surface area contributed by atoms with Crippen LogP contribution in [0.4, 0.5) is 0 Å². The highest BCUT2D eigenvalue weighted by atomic mass is 28.3. The van der Waals surface area contributed by atoms with Gasteiger partial charge in [-0.2, -0.15) is 0 Å². The topological polar surface area (TPSA) is 4.93 Å². The molecule has 0 atom stereocenters. The summed E-state index contributed by atoms with van der Waals surface area (Å²) in [5, 5.41) is 2.69. The van der Waals surface area contributed by atoms with E-state index in [-0.39, 0.29) is 0 Å². The van der Waals surface area contributed by atoms with Crippen molar-refractivity contribution in [1.29, 1.82) is 0 Å². The monoisotopic (exact) mass is 797 g/mol. The van der Waals surface area contributed by atoms with Crippen LogP contribution in [0.3, 0.4) is 0 Å². The maximum Gasteiger partial charge on any atom is 0.0775 e. The zero-order valence-electron chi connectivity index (χ0n) is 34.9. The molecule has 0 bridgehead atoms. The largest absolute Gasteiger partial charge is 0.316 e. The molecule has 1 aromatic heterocycles. The Balaban J connectivity index is 1.15. The van der Waals surface area contributed by atoms with Crippen molar-refractivity contribution in [2.45, 2.75) is 19.6 Å². The molecule has 0 aliphatic rings. The highest BCUT2D eigenvalue weighted by Crippen LogP contribution is 2.41. The fourth-order valence-corrected chi connectivity index (χ4v) is 9.82. The lowest BCUT2D eigenvalue weighted by molar-refractivity contribution is 1.13. The maximum absolute atomic E-state index is 2.40. The van der Waals surface area contributed by atoms with E-state index in [1.54, 1.807) is 0 Å². The lowest BCUT2D eigenvalue weighted by Crippen LogP contribution is -2.37. The summed E-state index contributed by atoms with van der Waals surface area (Å²) >= 11 is 0. The zero-order valence-corrected chi connectivity index (χ0v) is 35.9. The van der Waals surface area contributed by atoms with Gasteiger partial charge in [-0.15, -0.1) is 0 Å². The number of hydrogen-bond acceptors (Lipinski definition) is 0. The van der Waals surface area contributed by atoms with Crippen LogP contribution in [0.15, 0.2) is 231 Å². The molecule has 0 fully saturated rings. The molecule has 2 heteroatoms. The molecule has 0 aliphatic carbocycles. The molecule has 0 spiro atoms. The Labute approximate surface area is 360 Å². The quantitative estimate of drug-likeness (QED) is 0.128. The first kappa shape index (κ1) is 38.0. The van der Waals surface area contributed by atoms with E-state index in [1.807, 2.05) is 0 Å². The second-order valence-electron chi connectivity index (χ2n) is 17.0. The zero-order chi connectivity index (χ0) is 41.3. The minimum Gasteiger partial charge on any atom is -0.316 e. The average molecular weight is 798 g/mol. The number of benzene rings is 9. The molecule has 61 heavy (non-hydrogen) atoms. The maximum atomic E-state index is 2.40. The summed E-state index contributed by atoms with van der Waals surface area (Å²) < 4.78 is 2.37. The van der Waals surface area contributed by atoms with Gasteiger partial charge in [0, 0.05) is 22.8 Å². The van der Waals surface area contributed by atoms with Gasteiger partial charge in [0.2, 0.25) is 0 Å². The van der Waals surface area contributed by atoms with Crippen LogP contribution in [0.2, 0.25) is 19.6 Å². The molecule has 10 aromatic rings. The lowest BCUT2D eigenvalue weighted by atomic mass is 9.90. The van der Waals surface area contributed by atoms with Gasteiger partial charge >= 0.3 is 0 Å². The highest BCUT2D eigenvalue weighted by molar-refractivity contribution is 6.88. The normalized spacial score (nSPS) is 11.5. The van der Waals surface area contributed by atoms with Crippen molar-refractivity contribution < 1.29 is 0 Å². The van der Waals surface area contributed by atoms with Crippen LogP contribution >= 0.6 is 0 Å². The van der Waals surface area contributed by atoms with E-state index in [4.69, 9.17) is 0 Å². The average Bonchev–Trinajstić information content (AvgIpc) is 3.71. The Hall–Kier alpha value is -7.26. The lowest BCUT2D eigenvalue weighted by Gasteiger charge is -2.17. The van der Waals surface area contributed by atoms with Crippen molar-refractivity contribution >= 4 is 24.2 Å². The van der Waals surface area contributed by atoms with Crippen molar-refractivity contribution in [3.05, 3.63) is 231 Å². The van der Waals surface area contributed by atoms with Crippen LogP contribution in [0, 0.1) is 0 Å². The predicted octanol–water partition coefficient (Wildman–Crippen LogP) is 15.8. The standard InChI is InChI=1S/C59H47NSi/c1-61(2,3)54-32-26-45(27-33-54)44-24-30-53(31-25-44)60-41-58(49-28-34-55(46-20-12-6-13-21-46)56(40-49)47-22-14-7-15-23-47)57-39-48(29-35-59(57)60)52-37-50(42-16-8-4-9-17-42)36-51(38-52)43-18-10-5-11-19-43/h4-41H,1-3H3. The smallest absolute Gasteiger partial charge is 0.0775 e. The third-order valence-corrected chi connectivity index (χ3v) is 14.1. The molecule has 292 valence electrons. The molecular formula is C59H47NSi. The molecule has 0 saturated carbocycles. The van der Waals surface area contributed by atoms with Gasteiger partial charge in [-0.05, 0) is 121 Å². The first-order chi connectivity index (χ1) is 29.9. The van der Waals surface area contributed by atoms with Crippen molar-refractivity contribution in [3.63, 3.8) is 0 Å². The molecule has 0 amide bonds. The summed E-state index contributed by atoms with van der Waals surface area (Å²) in [5.74, 6) is 0. The van der Waals surface area contributed by atoms with Crippen LogP contribution in [0.5, 0.6) is 0 Å². The Morgan fingerprint density at radius 1 is 0.295 bits per heavy atom. The molecule has 0 aliphatic heterocycles. The Morgan fingerprint density at radius 2 is 0.721 bits per heavy atom. The van der Waals surface area contributed by atoms with Gasteiger partial charge in [-0.1, -0.05) is 201 Å². The van der Waals surface area contributed by atoms with E-state index in [2.05, 4.69) is 255 Å². The fraction of sp³-hybridized carbons (Fsp3) is 0.0508. The van der Waals surface area contributed by atoms with Gasteiger partial charge in [-0.25, -0.2) is 0 Å². The van der Waals surface area contributed by atoms with Crippen LogP contribution in [-0.4, -0.2) is 12.6 Å². The molecule has 1 heterocycles. The number of hydrogen-bond donors (Lipinski definition) is 0. The van der Waals surface area contributed by atoms with Gasteiger partial charge in [-0.3, -0.25) is 0 Å². The van der Waals surface area contributed by atoms with Gasteiger partial charge in [0.15, 0.2) is 0 Å². The Kier molecular flexibility index (Phi) is 10.0. The summed E-state index contributed by atoms with van der Waals surface area (Å²) in [4.78, 5) is 0. The summed E-state index contributed by atoms with van der Waals surface area (Å²) in [6.45, 7) is 7.21. The minimum atomic E-state index is -1.37. The van der Waals surface area contributed by atoms with Crippen LogP contribution in [-0.2, 0) is 0 Å². The Bertz CT molecular complexity index is 3050. The van der Waals surface area contributed by atoms with Gasteiger partial charge in [0.05, 0.1) is 13.6 Å². The third kappa shape index (κ3) is 7.71. The van der Waals surface area contributed by atoms with Gasteiger partial charge in [0.25, 0.3) is 0 Å². The summed E-state index contributed by atoms with van der Waals surface area (Å²) in [6, 6.07) is 82.3. The number of nitrogens with zero attached hydrogens (tertiary/aromatic N) is 1. The van der Waals surface area contributed by atoms with E-state index >= 15 is 0 Å². The van der Waals surface area contributed by atoms with Crippen LogP contribution in [0.25, 0.3) is 94.5 Å². The number of aromatic nitrogens is 1. The second kappa shape index (κ2) is 16.1. The molecule has 0 unspecified atom stereocenters.